The van der Waals surface area contributed by atoms with E-state index in [1.165, 1.54) is 25.3 Å². The van der Waals surface area contributed by atoms with Gasteiger partial charge in [-0.2, -0.15) is 0 Å². The topological polar surface area (TPSA) is 47.6 Å². The first-order valence-electron chi connectivity index (χ1n) is 8.58. The first-order valence-corrected chi connectivity index (χ1v) is 8.96. The van der Waals surface area contributed by atoms with Crippen LogP contribution >= 0.6 is 11.6 Å². The Bertz CT molecular complexity index is 830. The molecule has 4 nitrogen and oxygen atoms in total. The number of rotatable bonds is 5. The summed E-state index contributed by atoms with van der Waals surface area (Å²) < 4.78 is 10.5. The molecule has 3 rings (SSSR count). The number of methoxy groups -OCH3 is 2. The van der Waals surface area contributed by atoms with Crippen LogP contribution < -0.4 is 14.8 Å². The summed E-state index contributed by atoms with van der Waals surface area (Å²) in [6, 6.07) is 11.8. The number of hydrogen-bond acceptors (Lipinski definition) is 3. The minimum absolute atomic E-state index is 0.00554. The van der Waals surface area contributed by atoms with Gasteiger partial charge in [-0.1, -0.05) is 55.3 Å². The fourth-order valence-electron chi connectivity index (χ4n) is 3.56. The zero-order chi connectivity index (χ0) is 19.1. The van der Waals surface area contributed by atoms with Crippen LogP contribution in [0.2, 0.25) is 5.02 Å². The van der Waals surface area contributed by atoms with Crippen LogP contribution in [0.3, 0.4) is 0 Å². The van der Waals surface area contributed by atoms with Gasteiger partial charge in [0.25, 0.3) is 5.91 Å². The van der Waals surface area contributed by atoms with Gasteiger partial charge in [0.05, 0.1) is 24.8 Å². The van der Waals surface area contributed by atoms with Crippen molar-refractivity contribution < 1.29 is 14.3 Å². The maximum atomic E-state index is 12.9. The summed E-state index contributed by atoms with van der Waals surface area (Å²) in [6.07, 6.45) is 0. The highest BCUT2D eigenvalue weighted by molar-refractivity contribution is 6.32. The molecule has 2 unspecified atom stereocenters. The van der Waals surface area contributed by atoms with Gasteiger partial charge < -0.3 is 14.8 Å². The molecule has 1 aliphatic rings. The Morgan fingerprint density at radius 1 is 1.08 bits per heavy atom. The van der Waals surface area contributed by atoms with Crippen molar-refractivity contribution in [1.29, 1.82) is 0 Å². The largest absolute Gasteiger partial charge is 0.496 e. The van der Waals surface area contributed by atoms with Gasteiger partial charge in [-0.15, -0.1) is 0 Å². The lowest BCUT2D eigenvalue weighted by Gasteiger charge is -2.13. The molecule has 0 spiro atoms. The number of nitrogens with one attached hydrogen (secondary N) is 1. The van der Waals surface area contributed by atoms with Gasteiger partial charge in [0.15, 0.2) is 0 Å². The Balaban J connectivity index is 1.82. The van der Waals surface area contributed by atoms with Gasteiger partial charge in [-0.3, -0.25) is 4.79 Å². The molecule has 2 aromatic rings. The van der Waals surface area contributed by atoms with Gasteiger partial charge in [-0.05, 0) is 24.0 Å². The third kappa shape index (κ3) is 3.26. The molecule has 26 heavy (non-hydrogen) atoms. The smallest absolute Gasteiger partial charge is 0.255 e. The molecule has 0 aromatic heterocycles. The second-order valence-electron chi connectivity index (χ2n) is 7.35. The van der Waals surface area contributed by atoms with E-state index in [0.29, 0.717) is 22.1 Å². The summed E-state index contributed by atoms with van der Waals surface area (Å²) in [6.45, 7) is 6.40. The Labute approximate surface area is 159 Å². The predicted octanol–water partition coefficient (Wildman–Crippen LogP) is 4.59. The zero-order valence-electron chi connectivity index (χ0n) is 15.7. The van der Waals surface area contributed by atoms with E-state index in [4.69, 9.17) is 21.1 Å². The molecule has 1 aliphatic carbocycles. The standard InChI is InChI=1S/C21H24ClNO3/c1-12-6-8-13(9-7-12)18-19(21(18,2)3)23-20(24)14-10-15(22)17(26-5)11-16(14)25-4/h6-11,18-19H,1-5H3,(H,23,24). The monoisotopic (exact) mass is 373 g/mol. The summed E-state index contributed by atoms with van der Waals surface area (Å²) in [7, 11) is 3.05. The Morgan fingerprint density at radius 2 is 1.69 bits per heavy atom. The van der Waals surface area contributed by atoms with Gasteiger partial charge in [-0.25, -0.2) is 0 Å². The van der Waals surface area contributed by atoms with E-state index in [2.05, 4.69) is 50.4 Å². The summed E-state index contributed by atoms with van der Waals surface area (Å²) in [5.41, 5.74) is 2.87. The van der Waals surface area contributed by atoms with Crippen molar-refractivity contribution in [1.82, 2.24) is 5.32 Å². The maximum absolute atomic E-state index is 12.9. The first kappa shape index (κ1) is 18.6. The molecule has 1 fully saturated rings. The van der Waals surface area contributed by atoms with Crippen molar-refractivity contribution in [3.8, 4) is 11.5 Å². The van der Waals surface area contributed by atoms with Crippen molar-refractivity contribution in [2.24, 2.45) is 5.41 Å². The van der Waals surface area contributed by atoms with Gasteiger partial charge >= 0.3 is 0 Å². The molecule has 1 amide bonds. The quantitative estimate of drug-likeness (QED) is 0.833. The molecule has 0 aliphatic heterocycles. The molecule has 0 heterocycles. The molecule has 1 N–H and O–H groups in total. The lowest BCUT2D eigenvalue weighted by atomic mass is 10.0. The summed E-state index contributed by atoms with van der Waals surface area (Å²) >= 11 is 6.19. The van der Waals surface area contributed by atoms with Crippen LogP contribution in [0.1, 0.15) is 41.3 Å². The Morgan fingerprint density at radius 3 is 2.27 bits per heavy atom. The number of carbonyl (C=O) groups is 1. The molecule has 0 bridgehead atoms. The molecular formula is C21H24ClNO3. The molecule has 0 saturated heterocycles. The maximum Gasteiger partial charge on any atom is 0.255 e. The van der Waals surface area contributed by atoms with Crippen molar-refractivity contribution >= 4 is 17.5 Å². The van der Waals surface area contributed by atoms with E-state index in [1.807, 2.05) is 0 Å². The van der Waals surface area contributed by atoms with Crippen molar-refractivity contribution in [2.75, 3.05) is 14.2 Å². The van der Waals surface area contributed by atoms with Crippen molar-refractivity contribution in [2.45, 2.75) is 32.7 Å². The van der Waals surface area contributed by atoms with Crippen LogP contribution in [-0.2, 0) is 0 Å². The summed E-state index contributed by atoms with van der Waals surface area (Å²) in [4.78, 5) is 12.9. The Hall–Kier alpha value is -2.20. The molecule has 5 heteroatoms. The average Bonchev–Trinajstić information content (AvgIpc) is 3.15. The van der Waals surface area contributed by atoms with E-state index in [9.17, 15) is 4.79 Å². The lowest BCUT2D eigenvalue weighted by Crippen LogP contribution is -2.29. The SMILES string of the molecule is COc1cc(OC)c(C(=O)NC2C(c3ccc(C)cc3)C2(C)C)cc1Cl. The zero-order valence-corrected chi connectivity index (χ0v) is 16.5. The molecule has 1 saturated carbocycles. The molecule has 138 valence electrons. The van der Waals surface area contributed by atoms with E-state index >= 15 is 0 Å². The van der Waals surface area contributed by atoms with Gasteiger partial charge in [0.2, 0.25) is 0 Å². The summed E-state index contributed by atoms with van der Waals surface area (Å²) in [5.74, 6) is 1.00. The molecule has 0 radical (unpaired) electrons. The number of ether oxygens (including phenoxy) is 2. The molecule has 2 aromatic carbocycles. The predicted molar refractivity (Wildman–Crippen MR) is 104 cm³/mol. The van der Waals surface area contributed by atoms with E-state index in [0.717, 1.165) is 0 Å². The minimum atomic E-state index is -0.195. The van der Waals surface area contributed by atoms with E-state index < -0.39 is 0 Å². The minimum Gasteiger partial charge on any atom is -0.496 e. The third-order valence-corrected chi connectivity index (χ3v) is 5.56. The van der Waals surface area contributed by atoms with Crippen LogP contribution in [0.4, 0.5) is 0 Å². The summed E-state index contributed by atoms with van der Waals surface area (Å²) in [5, 5.41) is 3.52. The highest BCUT2D eigenvalue weighted by atomic mass is 35.5. The van der Waals surface area contributed by atoms with Crippen LogP contribution in [-0.4, -0.2) is 26.2 Å². The fraction of sp³-hybridized carbons (Fsp3) is 0.381. The average molecular weight is 374 g/mol. The lowest BCUT2D eigenvalue weighted by molar-refractivity contribution is 0.0943. The molecule has 2 atom stereocenters. The molecular weight excluding hydrogens is 350 g/mol. The van der Waals surface area contributed by atoms with Crippen LogP contribution in [0, 0.1) is 12.3 Å². The second kappa shape index (κ2) is 6.84. The van der Waals surface area contributed by atoms with E-state index in [1.54, 1.807) is 12.1 Å². The van der Waals surface area contributed by atoms with Crippen LogP contribution in [0.15, 0.2) is 36.4 Å². The van der Waals surface area contributed by atoms with Crippen LogP contribution in [0.25, 0.3) is 0 Å². The normalized spacial score (nSPS) is 20.4. The first-order chi connectivity index (χ1) is 12.3. The number of benzene rings is 2. The van der Waals surface area contributed by atoms with Gasteiger partial charge in [0.1, 0.15) is 11.5 Å². The second-order valence-corrected chi connectivity index (χ2v) is 7.76. The van der Waals surface area contributed by atoms with Crippen molar-refractivity contribution in [3.05, 3.63) is 58.1 Å². The van der Waals surface area contributed by atoms with E-state index in [-0.39, 0.29) is 23.3 Å². The number of hydrogen-bond donors (Lipinski definition) is 1. The number of halogens is 1. The van der Waals surface area contributed by atoms with Crippen LogP contribution in [0.5, 0.6) is 11.5 Å². The fourth-order valence-corrected chi connectivity index (χ4v) is 3.80. The number of amides is 1. The highest BCUT2D eigenvalue weighted by Crippen LogP contribution is 2.58. The Kier molecular flexibility index (Phi) is 4.89. The number of carbonyl (C=O) groups excluding carboxylic acids is 1. The number of aryl methyl sites for hydroxylation is 1. The van der Waals surface area contributed by atoms with Crippen molar-refractivity contribution in [3.63, 3.8) is 0 Å². The highest BCUT2D eigenvalue weighted by Gasteiger charge is 2.59. The third-order valence-electron chi connectivity index (χ3n) is 5.27. The van der Waals surface area contributed by atoms with Gasteiger partial charge in [0, 0.05) is 18.0 Å².